The fraction of sp³-hybridized carbons (Fsp3) is 0.0189. The summed E-state index contributed by atoms with van der Waals surface area (Å²) < 4.78 is 0. The van der Waals surface area contributed by atoms with Crippen molar-refractivity contribution in [1.29, 1.82) is 0 Å². The third-order valence-corrected chi connectivity index (χ3v) is 10.7. The van der Waals surface area contributed by atoms with Crippen molar-refractivity contribution in [3.8, 4) is 67.0 Å². The minimum absolute atomic E-state index is 0.0435. The maximum absolute atomic E-state index is 5.60. The zero-order valence-corrected chi connectivity index (χ0v) is 30.7. The first-order valence-corrected chi connectivity index (χ1v) is 19.1. The topological polar surface area (TPSA) is 37.8 Å². The van der Waals surface area contributed by atoms with E-state index < -0.39 is 0 Å². The molecule has 264 valence electrons. The van der Waals surface area contributed by atoms with Gasteiger partial charge in [-0.2, -0.15) is 0 Å². The van der Waals surface area contributed by atoms with Gasteiger partial charge in [-0.3, -0.25) is 4.98 Å². The normalized spacial score (nSPS) is 13.2. The maximum Gasteiger partial charge on any atom is 0.0939 e. The lowest BCUT2D eigenvalue weighted by molar-refractivity contribution is 0.981. The Bertz CT molecular complexity index is 2750. The number of nitrogens with one attached hydrogen (secondary N) is 1. The lowest BCUT2D eigenvalue weighted by Gasteiger charge is -2.24. The van der Waals surface area contributed by atoms with Crippen LogP contribution in [-0.2, 0) is 0 Å². The zero-order valence-electron chi connectivity index (χ0n) is 30.7. The monoisotopic (exact) mass is 715 g/mol. The summed E-state index contributed by atoms with van der Waals surface area (Å²) in [5.41, 5.74) is 17.6. The third kappa shape index (κ3) is 6.15. The first-order valence-electron chi connectivity index (χ1n) is 19.1. The Morgan fingerprint density at radius 2 is 0.964 bits per heavy atom. The molecule has 9 aromatic rings. The van der Waals surface area contributed by atoms with Gasteiger partial charge in [-0.1, -0.05) is 194 Å². The second kappa shape index (κ2) is 14.5. The number of hydrogen-bond acceptors (Lipinski definition) is 3. The minimum Gasteiger partial charge on any atom is -0.372 e. The summed E-state index contributed by atoms with van der Waals surface area (Å²) in [6.45, 7) is 0. The summed E-state index contributed by atoms with van der Waals surface area (Å²) in [6, 6.07) is 69.1. The standard InChI is InChI=1S/C53H37N3/c1-5-15-38(16-6-1)48-47(49(39-17-7-2-8-18-39)51(41-21-11-4-12-22-41)56-50(48)40-19-9-3-10-20-40)45-24-13-23-44(35-45)36-26-28-37(29-27-36)46-33-32-43-31-30-42-25-14-34-54-52(42)53(43)55-46/h1-35,46,55H. The van der Waals surface area contributed by atoms with Crippen molar-refractivity contribution in [2.45, 2.75) is 6.04 Å². The molecule has 0 spiro atoms. The molecule has 0 aliphatic carbocycles. The average molecular weight is 716 g/mol. The number of anilines is 1. The molecule has 0 radical (unpaired) electrons. The Hall–Kier alpha value is -7.36. The van der Waals surface area contributed by atoms with E-state index in [1.54, 1.807) is 0 Å². The molecule has 0 bridgehead atoms. The molecule has 1 aliphatic rings. The summed E-state index contributed by atoms with van der Waals surface area (Å²) in [7, 11) is 0. The number of aromatic nitrogens is 2. The number of fused-ring (bicyclic) bond motifs is 3. The number of benzene rings is 7. The highest BCUT2D eigenvalue weighted by Gasteiger charge is 2.25. The molecule has 0 saturated carbocycles. The molecule has 7 aromatic carbocycles. The summed E-state index contributed by atoms with van der Waals surface area (Å²) in [4.78, 5) is 10.3. The molecule has 0 fully saturated rings. The van der Waals surface area contributed by atoms with Gasteiger partial charge in [0.05, 0.1) is 28.6 Å². The van der Waals surface area contributed by atoms with Gasteiger partial charge in [0.25, 0.3) is 0 Å². The number of rotatable bonds is 7. The summed E-state index contributed by atoms with van der Waals surface area (Å²) in [6.07, 6.45) is 6.31. The van der Waals surface area contributed by atoms with E-state index >= 15 is 0 Å². The van der Waals surface area contributed by atoms with Gasteiger partial charge in [0.2, 0.25) is 0 Å². The molecular weight excluding hydrogens is 679 g/mol. The van der Waals surface area contributed by atoms with Crippen LogP contribution >= 0.6 is 0 Å². The Morgan fingerprint density at radius 3 is 1.57 bits per heavy atom. The maximum atomic E-state index is 5.60. The Morgan fingerprint density at radius 1 is 0.411 bits per heavy atom. The first-order chi connectivity index (χ1) is 27.8. The first kappa shape index (κ1) is 33.2. The van der Waals surface area contributed by atoms with Gasteiger partial charge in [-0.25, -0.2) is 4.98 Å². The summed E-state index contributed by atoms with van der Waals surface area (Å²) >= 11 is 0. The number of hydrogen-bond donors (Lipinski definition) is 1. The van der Waals surface area contributed by atoms with Crippen molar-refractivity contribution in [1.82, 2.24) is 9.97 Å². The van der Waals surface area contributed by atoms with Gasteiger partial charge in [-0.05, 0) is 51.1 Å². The van der Waals surface area contributed by atoms with Crippen molar-refractivity contribution in [2.24, 2.45) is 0 Å². The molecule has 1 N–H and O–H groups in total. The zero-order chi connectivity index (χ0) is 37.3. The molecule has 1 aliphatic heterocycles. The van der Waals surface area contributed by atoms with Crippen LogP contribution in [0.4, 0.5) is 5.69 Å². The van der Waals surface area contributed by atoms with Gasteiger partial charge < -0.3 is 5.32 Å². The number of pyridine rings is 2. The van der Waals surface area contributed by atoms with Crippen LogP contribution in [0.2, 0.25) is 0 Å². The highest BCUT2D eigenvalue weighted by molar-refractivity contribution is 6.05. The van der Waals surface area contributed by atoms with E-state index in [-0.39, 0.29) is 6.04 Å². The second-order valence-electron chi connectivity index (χ2n) is 14.2. The van der Waals surface area contributed by atoms with Crippen molar-refractivity contribution in [3.63, 3.8) is 0 Å². The van der Waals surface area contributed by atoms with Gasteiger partial charge in [0.15, 0.2) is 0 Å². The molecule has 1 unspecified atom stereocenters. The van der Waals surface area contributed by atoms with E-state index in [1.165, 1.54) is 5.56 Å². The largest absolute Gasteiger partial charge is 0.372 e. The van der Waals surface area contributed by atoms with Crippen LogP contribution in [0, 0.1) is 0 Å². The predicted octanol–water partition coefficient (Wildman–Crippen LogP) is 13.8. The Kier molecular flexibility index (Phi) is 8.58. The lowest BCUT2D eigenvalue weighted by Crippen LogP contribution is -2.12. The van der Waals surface area contributed by atoms with Crippen LogP contribution in [0.5, 0.6) is 0 Å². The van der Waals surface area contributed by atoms with Crippen LogP contribution in [0.3, 0.4) is 0 Å². The van der Waals surface area contributed by atoms with E-state index in [9.17, 15) is 0 Å². The fourth-order valence-corrected chi connectivity index (χ4v) is 8.04. The Balaban J connectivity index is 1.14. The van der Waals surface area contributed by atoms with Crippen molar-refractivity contribution in [3.05, 3.63) is 218 Å². The van der Waals surface area contributed by atoms with Crippen LogP contribution in [0.15, 0.2) is 206 Å². The van der Waals surface area contributed by atoms with Crippen molar-refractivity contribution in [2.75, 3.05) is 5.32 Å². The quantitative estimate of drug-likeness (QED) is 0.178. The van der Waals surface area contributed by atoms with E-state index in [1.807, 2.05) is 12.3 Å². The molecule has 0 saturated heterocycles. The van der Waals surface area contributed by atoms with Crippen LogP contribution in [0.25, 0.3) is 84.0 Å². The van der Waals surface area contributed by atoms with E-state index in [2.05, 4.69) is 206 Å². The Labute approximate surface area is 327 Å². The second-order valence-corrected chi connectivity index (χ2v) is 14.2. The van der Waals surface area contributed by atoms with Gasteiger partial charge in [0, 0.05) is 39.4 Å². The predicted molar refractivity (Wildman–Crippen MR) is 234 cm³/mol. The molecular formula is C53H37N3. The van der Waals surface area contributed by atoms with Gasteiger partial charge in [0.1, 0.15) is 0 Å². The highest BCUT2D eigenvalue weighted by atomic mass is 14.9. The van der Waals surface area contributed by atoms with Gasteiger partial charge in [-0.15, -0.1) is 0 Å². The SMILES string of the molecule is C1=CC(c2ccc(-c3cccc(-c4c(-c5ccccc5)c(-c5ccccc5)nc(-c5ccccc5)c4-c4ccccc4)c3)cc2)Nc2c1ccc1cccnc21. The summed E-state index contributed by atoms with van der Waals surface area (Å²) in [5, 5.41) is 4.91. The van der Waals surface area contributed by atoms with Crippen LogP contribution in [-0.4, -0.2) is 9.97 Å². The molecule has 2 aromatic heterocycles. The molecule has 56 heavy (non-hydrogen) atoms. The molecule has 3 heterocycles. The summed E-state index contributed by atoms with van der Waals surface area (Å²) in [5.74, 6) is 0. The molecule has 0 amide bonds. The van der Waals surface area contributed by atoms with Crippen LogP contribution < -0.4 is 5.32 Å². The lowest BCUT2D eigenvalue weighted by atomic mass is 9.82. The fourth-order valence-electron chi connectivity index (χ4n) is 8.04. The smallest absolute Gasteiger partial charge is 0.0939 e. The van der Waals surface area contributed by atoms with Gasteiger partial charge >= 0.3 is 0 Å². The van der Waals surface area contributed by atoms with E-state index in [4.69, 9.17) is 9.97 Å². The van der Waals surface area contributed by atoms with E-state index in [0.717, 1.165) is 89.2 Å². The molecule has 10 rings (SSSR count). The molecule has 3 nitrogen and oxygen atoms in total. The average Bonchev–Trinajstić information content (AvgIpc) is 3.29. The molecule has 3 heteroatoms. The number of nitrogens with zero attached hydrogens (tertiary/aromatic N) is 2. The van der Waals surface area contributed by atoms with Crippen molar-refractivity contribution < 1.29 is 0 Å². The van der Waals surface area contributed by atoms with Crippen LogP contribution in [0.1, 0.15) is 17.2 Å². The molecule has 1 atom stereocenters. The minimum atomic E-state index is 0.0435. The highest BCUT2D eigenvalue weighted by Crippen LogP contribution is 2.49. The van der Waals surface area contributed by atoms with E-state index in [0.29, 0.717) is 0 Å². The third-order valence-electron chi connectivity index (χ3n) is 10.7. The van der Waals surface area contributed by atoms with Crippen molar-refractivity contribution >= 4 is 22.7 Å².